The number of nitrogens with one attached hydrogen (secondary N) is 1. The average molecular weight is 345 g/mol. The molecule has 1 aromatic heterocycles. The van der Waals surface area contributed by atoms with Crippen LogP contribution >= 0.6 is 0 Å². The highest BCUT2D eigenvalue weighted by atomic mass is 16.3. The van der Waals surface area contributed by atoms with Gasteiger partial charge in [-0.2, -0.15) is 0 Å². The highest BCUT2D eigenvalue weighted by molar-refractivity contribution is 6.11. The molecule has 0 saturated heterocycles. The Morgan fingerprint density at radius 2 is 1.73 bits per heavy atom. The number of hydrogen-bond donors (Lipinski definition) is 2. The van der Waals surface area contributed by atoms with Gasteiger partial charge in [-0.25, -0.2) is 0 Å². The Morgan fingerprint density at radius 1 is 1.00 bits per heavy atom. The maximum Gasteiger partial charge on any atom is 0.291 e. The van der Waals surface area contributed by atoms with Crippen LogP contribution in [0.15, 0.2) is 65.1 Å². The summed E-state index contributed by atoms with van der Waals surface area (Å²) in [5.41, 5.74) is 2.77. The van der Waals surface area contributed by atoms with Crippen molar-refractivity contribution in [1.29, 1.82) is 0 Å². The molecule has 0 bridgehead atoms. The Morgan fingerprint density at radius 3 is 2.54 bits per heavy atom. The molecule has 0 aliphatic rings. The summed E-state index contributed by atoms with van der Waals surface area (Å²) in [6.07, 6.45) is -0.674. The Bertz CT molecular complexity index is 1120. The summed E-state index contributed by atoms with van der Waals surface area (Å²) in [5.74, 6) is -0.0346. The first kappa shape index (κ1) is 16.4. The van der Waals surface area contributed by atoms with E-state index in [1.807, 2.05) is 55.5 Å². The number of para-hydroxylation sites is 1. The predicted octanol–water partition coefficient (Wildman–Crippen LogP) is 5.20. The van der Waals surface area contributed by atoms with Crippen LogP contribution in [-0.2, 0) is 0 Å². The van der Waals surface area contributed by atoms with Gasteiger partial charge >= 0.3 is 0 Å². The van der Waals surface area contributed by atoms with E-state index in [9.17, 15) is 9.90 Å². The number of aliphatic hydroxyl groups excluding tert-OH is 1. The lowest BCUT2D eigenvalue weighted by molar-refractivity contribution is 0.0997. The van der Waals surface area contributed by atoms with Gasteiger partial charge < -0.3 is 14.8 Å². The molecule has 3 aromatic carbocycles. The third kappa shape index (κ3) is 2.65. The first-order chi connectivity index (χ1) is 12.6. The summed E-state index contributed by atoms with van der Waals surface area (Å²) >= 11 is 0. The molecule has 0 radical (unpaired) electrons. The molecule has 1 atom stereocenters. The van der Waals surface area contributed by atoms with Gasteiger partial charge in [-0.15, -0.1) is 0 Å². The number of carbonyl (C=O) groups excluding carboxylic acids is 1. The molecule has 0 fully saturated rings. The van der Waals surface area contributed by atoms with Crippen molar-refractivity contribution in [2.75, 3.05) is 5.32 Å². The second-order valence-electron chi connectivity index (χ2n) is 6.44. The van der Waals surface area contributed by atoms with Crippen LogP contribution < -0.4 is 5.32 Å². The molecule has 26 heavy (non-hydrogen) atoms. The molecule has 4 nitrogen and oxygen atoms in total. The first-order valence-electron chi connectivity index (χ1n) is 8.55. The lowest BCUT2D eigenvalue weighted by Crippen LogP contribution is -2.14. The van der Waals surface area contributed by atoms with E-state index < -0.39 is 6.10 Å². The zero-order valence-electron chi connectivity index (χ0n) is 14.6. The minimum absolute atomic E-state index is 0.289. The smallest absolute Gasteiger partial charge is 0.291 e. The molecule has 130 valence electrons. The van der Waals surface area contributed by atoms with Crippen LogP contribution in [0.2, 0.25) is 0 Å². The number of carbonyl (C=O) groups is 1. The molecule has 0 aliphatic heterocycles. The quantitative estimate of drug-likeness (QED) is 0.536. The molecule has 2 N–H and O–H groups in total. The molecule has 0 spiro atoms. The van der Waals surface area contributed by atoms with E-state index in [2.05, 4.69) is 5.32 Å². The van der Waals surface area contributed by atoms with E-state index in [1.54, 1.807) is 19.1 Å². The third-order valence-corrected chi connectivity index (χ3v) is 4.69. The molecule has 1 amide bonds. The largest absolute Gasteiger partial charge is 0.450 e. The third-order valence-electron chi connectivity index (χ3n) is 4.69. The summed E-state index contributed by atoms with van der Waals surface area (Å²) in [6, 6.07) is 19.2. The van der Waals surface area contributed by atoms with Gasteiger partial charge in [0.25, 0.3) is 5.91 Å². The van der Waals surface area contributed by atoms with Crippen molar-refractivity contribution >= 4 is 33.3 Å². The fourth-order valence-corrected chi connectivity index (χ4v) is 3.32. The zero-order chi connectivity index (χ0) is 18.3. The molecular weight excluding hydrogens is 326 g/mol. The van der Waals surface area contributed by atoms with Crippen molar-refractivity contribution in [1.82, 2.24) is 0 Å². The standard InChI is InChI=1S/C22H19NO3/c1-13-16-12-11-15-7-3-4-9-18(15)21(16)26-20(13)22(25)23-19-10-6-5-8-17(19)14(2)24/h3-12,14,24H,1-2H3,(H,23,25). The second-order valence-corrected chi connectivity index (χ2v) is 6.44. The SMILES string of the molecule is Cc1c(C(=O)Nc2ccccc2C(C)O)oc2c1ccc1ccccc12. The number of anilines is 1. The Kier molecular flexibility index (Phi) is 3.98. The fourth-order valence-electron chi connectivity index (χ4n) is 3.32. The Labute approximate surface area is 151 Å². The van der Waals surface area contributed by atoms with E-state index >= 15 is 0 Å². The summed E-state index contributed by atoms with van der Waals surface area (Å²) < 4.78 is 5.97. The molecule has 4 rings (SSSR count). The zero-order valence-corrected chi connectivity index (χ0v) is 14.6. The van der Waals surface area contributed by atoms with Gasteiger partial charge in [-0.1, -0.05) is 54.6 Å². The van der Waals surface area contributed by atoms with Gasteiger partial charge in [0.05, 0.1) is 6.10 Å². The van der Waals surface area contributed by atoms with Crippen LogP contribution in [0.25, 0.3) is 21.7 Å². The van der Waals surface area contributed by atoms with E-state index in [4.69, 9.17) is 4.42 Å². The first-order valence-corrected chi connectivity index (χ1v) is 8.55. The lowest BCUT2D eigenvalue weighted by Gasteiger charge is -2.12. The number of aryl methyl sites for hydroxylation is 1. The minimum atomic E-state index is -0.674. The van der Waals surface area contributed by atoms with E-state index in [1.165, 1.54) is 0 Å². The van der Waals surface area contributed by atoms with Crippen molar-refractivity contribution in [3.05, 3.63) is 77.6 Å². The number of fused-ring (bicyclic) bond motifs is 3. The number of hydrogen-bond acceptors (Lipinski definition) is 3. The van der Waals surface area contributed by atoms with E-state index in [0.717, 1.165) is 27.3 Å². The van der Waals surface area contributed by atoms with E-state index in [-0.39, 0.29) is 11.7 Å². The van der Waals surface area contributed by atoms with Crippen LogP contribution in [0.5, 0.6) is 0 Å². The van der Waals surface area contributed by atoms with Gasteiger partial charge in [0.1, 0.15) is 5.58 Å². The lowest BCUT2D eigenvalue weighted by atomic mass is 10.1. The Hall–Kier alpha value is -3.11. The van der Waals surface area contributed by atoms with Gasteiger partial charge in [0.15, 0.2) is 5.76 Å². The highest BCUT2D eigenvalue weighted by Gasteiger charge is 2.20. The molecule has 4 aromatic rings. The van der Waals surface area contributed by atoms with E-state index in [0.29, 0.717) is 11.3 Å². The number of amides is 1. The summed E-state index contributed by atoms with van der Waals surface area (Å²) in [4.78, 5) is 12.8. The van der Waals surface area contributed by atoms with Crippen molar-refractivity contribution in [3.8, 4) is 0 Å². The summed E-state index contributed by atoms with van der Waals surface area (Å²) in [5, 5.41) is 15.7. The highest BCUT2D eigenvalue weighted by Crippen LogP contribution is 2.32. The number of benzene rings is 3. The Balaban J connectivity index is 1.78. The second kappa shape index (κ2) is 6.32. The number of aliphatic hydroxyl groups is 1. The van der Waals surface area contributed by atoms with Crippen molar-refractivity contribution in [2.45, 2.75) is 20.0 Å². The number of rotatable bonds is 3. The molecule has 0 saturated carbocycles. The molecule has 4 heteroatoms. The van der Waals surface area contributed by atoms with Gasteiger partial charge in [0, 0.05) is 27.6 Å². The molecule has 1 heterocycles. The monoisotopic (exact) mass is 345 g/mol. The van der Waals surface area contributed by atoms with Crippen LogP contribution in [-0.4, -0.2) is 11.0 Å². The molecular formula is C22H19NO3. The molecule has 1 unspecified atom stereocenters. The van der Waals surface area contributed by atoms with Crippen LogP contribution in [0, 0.1) is 6.92 Å². The average Bonchev–Trinajstić information content (AvgIpc) is 2.99. The van der Waals surface area contributed by atoms with Crippen LogP contribution in [0.3, 0.4) is 0 Å². The van der Waals surface area contributed by atoms with Gasteiger partial charge in [-0.3, -0.25) is 4.79 Å². The normalized spacial score (nSPS) is 12.4. The van der Waals surface area contributed by atoms with Crippen LogP contribution in [0.1, 0.15) is 34.7 Å². The van der Waals surface area contributed by atoms with Crippen molar-refractivity contribution < 1.29 is 14.3 Å². The maximum absolute atomic E-state index is 12.8. The summed E-state index contributed by atoms with van der Waals surface area (Å²) in [7, 11) is 0. The van der Waals surface area contributed by atoms with Gasteiger partial charge in [0.2, 0.25) is 0 Å². The summed E-state index contributed by atoms with van der Waals surface area (Å²) in [6.45, 7) is 3.56. The van der Waals surface area contributed by atoms with Crippen LogP contribution in [0.4, 0.5) is 5.69 Å². The maximum atomic E-state index is 12.8. The minimum Gasteiger partial charge on any atom is -0.450 e. The van der Waals surface area contributed by atoms with Crippen molar-refractivity contribution in [3.63, 3.8) is 0 Å². The predicted molar refractivity (Wildman–Crippen MR) is 103 cm³/mol. The topological polar surface area (TPSA) is 62.5 Å². The number of furan rings is 1. The molecule has 0 aliphatic carbocycles. The fraction of sp³-hybridized carbons (Fsp3) is 0.136. The van der Waals surface area contributed by atoms with Gasteiger partial charge in [-0.05, 0) is 25.3 Å². The van der Waals surface area contributed by atoms with Crippen molar-refractivity contribution in [2.24, 2.45) is 0 Å².